The zero-order valence-corrected chi connectivity index (χ0v) is 5.83. The number of aliphatic carboxylic acids is 1. The number of hydrogen-bond acceptors (Lipinski definition) is 2. The van der Waals surface area contributed by atoms with Gasteiger partial charge in [-0.05, 0) is 12.5 Å². The van der Waals surface area contributed by atoms with E-state index in [2.05, 4.69) is 6.58 Å². The number of carbonyl (C=O) groups is 1. The van der Waals surface area contributed by atoms with Crippen LogP contribution >= 0.6 is 0 Å². The maximum Gasteiger partial charge on any atom is 0.331 e. The fourth-order valence-electron chi connectivity index (χ4n) is 0.297. The van der Waals surface area contributed by atoms with E-state index in [0.717, 1.165) is 17.9 Å². The molecule has 3 heteroatoms. The minimum Gasteiger partial charge on any atom is -0.497 e. The Labute approximate surface area is 59.6 Å². The lowest BCUT2D eigenvalue weighted by molar-refractivity contribution is -0.131. The molecule has 0 saturated heterocycles. The fourth-order valence-corrected chi connectivity index (χ4v) is 0.297. The Balaban J connectivity index is 3.36. The first-order valence-electron chi connectivity index (χ1n) is 2.78. The van der Waals surface area contributed by atoms with Crippen molar-refractivity contribution in [1.82, 2.24) is 0 Å². The number of rotatable bonds is 4. The Morgan fingerprint density at radius 2 is 2.40 bits per heavy atom. The third kappa shape index (κ3) is 6.75. The molecule has 0 aromatic heterocycles. The standard InChI is InChI=1S/C7H10O3/c1-6(2)5-10-4-3-7(8)9/h3-4H,1,5H2,2H3,(H,8,9). The van der Waals surface area contributed by atoms with Crippen molar-refractivity contribution in [2.45, 2.75) is 6.92 Å². The fraction of sp³-hybridized carbons (Fsp3) is 0.286. The Hall–Kier alpha value is -1.25. The second-order valence-electron chi connectivity index (χ2n) is 1.91. The molecule has 0 heterocycles. The van der Waals surface area contributed by atoms with Gasteiger partial charge in [-0.3, -0.25) is 0 Å². The summed E-state index contributed by atoms with van der Waals surface area (Å²) < 4.78 is 4.74. The van der Waals surface area contributed by atoms with E-state index in [1.54, 1.807) is 6.92 Å². The van der Waals surface area contributed by atoms with E-state index in [9.17, 15) is 4.79 Å². The highest BCUT2D eigenvalue weighted by molar-refractivity contribution is 5.79. The van der Waals surface area contributed by atoms with Gasteiger partial charge in [0.1, 0.15) is 6.61 Å². The van der Waals surface area contributed by atoms with E-state index in [1.165, 1.54) is 0 Å². The molecular weight excluding hydrogens is 132 g/mol. The summed E-state index contributed by atoms with van der Waals surface area (Å²) in [6.45, 7) is 5.73. The van der Waals surface area contributed by atoms with E-state index in [4.69, 9.17) is 9.84 Å². The molecule has 0 spiro atoms. The normalized spacial score (nSPS) is 9.70. The molecule has 3 nitrogen and oxygen atoms in total. The SMILES string of the molecule is C=C(C)COC=CC(=O)O. The Kier molecular flexibility index (Phi) is 4.04. The Bertz CT molecular complexity index is 158. The van der Waals surface area contributed by atoms with Crippen LogP contribution in [-0.4, -0.2) is 17.7 Å². The lowest BCUT2D eigenvalue weighted by Crippen LogP contribution is -1.90. The molecule has 0 saturated carbocycles. The second-order valence-corrected chi connectivity index (χ2v) is 1.91. The van der Waals surface area contributed by atoms with Crippen LogP contribution in [0.5, 0.6) is 0 Å². The van der Waals surface area contributed by atoms with E-state index in [1.807, 2.05) is 0 Å². The summed E-state index contributed by atoms with van der Waals surface area (Å²) >= 11 is 0. The van der Waals surface area contributed by atoms with Crippen LogP contribution in [0.25, 0.3) is 0 Å². The van der Waals surface area contributed by atoms with Crippen molar-refractivity contribution < 1.29 is 14.6 Å². The molecule has 0 aliphatic rings. The third-order valence-electron chi connectivity index (χ3n) is 0.637. The summed E-state index contributed by atoms with van der Waals surface area (Å²) in [5.74, 6) is -1.01. The second kappa shape index (κ2) is 4.61. The predicted octanol–water partition coefficient (Wildman–Crippen LogP) is 1.18. The van der Waals surface area contributed by atoms with Gasteiger partial charge in [0.15, 0.2) is 0 Å². The van der Waals surface area contributed by atoms with Crippen molar-refractivity contribution in [3.8, 4) is 0 Å². The maximum atomic E-state index is 9.85. The highest BCUT2D eigenvalue weighted by Gasteiger charge is 1.85. The molecule has 0 amide bonds. The zero-order valence-electron chi connectivity index (χ0n) is 5.83. The van der Waals surface area contributed by atoms with Crippen LogP contribution in [0, 0.1) is 0 Å². The predicted molar refractivity (Wildman–Crippen MR) is 37.5 cm³/mol. The van der Waals surface area contributed by atoms with Crippen LogP contribution in [0.1, 0.15) is 6.92 Å². The minimum atomic E-state index is -1.01. The molecule has 56 valence electrons. The third-order valence-corrected chi connectivity index (χ3v) is 0.637. The minimum absolute atomic E-state index is 0.365. The lowest BCUT2D eigenvalue weighted by atomic mass is 10.4. The topological polar surface area (TPSA) is 46.5 Å². The van der Waals surface area contributed by atoms with Crippen molar-refractivity contribution in [3.05, 3.63) is 24.5 Å². The van der Waals surface area contributed by atoms with Gasteiger partial charge in [0, 0.05) is 0 Å². The number of hydrogen-bond donors (Lipinski definition) is 1. The summed E-state index contributed by atoms with van der Waals surface area (Å²) in [5.41, 5.74) is 0.857. The summed E-state index contributed by atoms with van der Waals surface area (Å²) in [6.07, 6.45) is 2.07. The molecule has 0 fully saturated rings. The summed E-state index contributed by atoms with van der Waals surface area (Å²) in [6, 6.07) is 0. The molecule has 0 aromatic rings. The van der Waals surface area contributed by atoms with Crippen LogP contribution in [0.4, 0.5) is 0 Å². The van der Waals surface area contributed by atoms with Crippen LogP contribution in [0.3, 0.4) is 0 Å². The molecule has 0 aliphatic carbocycles. The van der Waals surface area contributed by atoms with Gasteiger partial charge >= 0.3 is 5.97 Å². The van der Waals surface area contributed by atoms with Crippen molar-refractivity contribution in [2.24, 2.45) is 0 Å². The molecule has 10 heavy (non-hydrogen) atoms. The van der Waals surface area contributed by atoms with Crippen molar-refractivity contribution >= 4 is 5.97 Å². The number of carboxylic acids is 1. The molecular formula is C7H10O3. The van der Waals surface area contributed by atoms with Crippen LogP contribution in [0.2, 0.25) is 0 Å². The van der Waals surface area contributed by atoms with Gasteiger partial charge in [0.2, 0.25) is 0 Å². The van der Waals surface area contributed by atoms with Crippen molar-refractivity contribution in [1.29, 1.82) is 0 Å². The molecule has 0 rings (SSSR count). The van der Waals surface area contributed by atoms with Gasteiger partial charge in [0.05, 0.1) is 12.3 Å². The summed E-state index contributed by atoms with van der Waals surface area (Å²) in [5, 5.41) is 8.09. The van der Waals surface area contributed by atoms with Crippen LogP contribution < -0.4 is 0 Å². The monoisotopic (exact) mass is 142 g/mol. The largest absolute Gasteiger partial charge is 0.497 e. The molecule has 0 radical (unpaired) electrons. The first-order valence-corrected chi connectivity index (χ1v) is 2.78. The number of ether oxygens (including phenoxy) is 1. The first-order chi connectivity index (χ1) is 4.63. The van der Waals surface area contributed by atoms with Crippen LogP contribution in [0.15, 0.2) is 24.5 Å². The van der Waals surface area contributed by atoms with E-state index >= 15 is 0 Å². The van der Waals surface area contributed by atoms with Gasteiger partial charge in [-0.1, -0.05) is 6.58 Å². The molecule has 0 aliphatic heterocycles. The van der Waals surface area contributed by atoms with Gasteiger partial charge in [-0.2, -0.15) is 0 Å². The molecule has 1 N–H and O–H groups in total. The van der Waals surface area contributed by atoms with Crippen molar-refractivity contribution in [2.75, 3.05) is 6.61 Å². The quantitative estimate of drug-likeness (QED) is 0.364. The highest BCUT2D eigenvalue weighted by atomic mass is 16.5. The Morgan fingerprint density at radius 1 is 1.80 bits per heavy atom. The molecule has 0 aromatic carbocycles. The van der Waals surface area contributed by atoms with Gasteiger partial charge in [-0.25, -0.2) is 4.79 Å². The van der Waals surface area contributed by atoms with Crippen LogP contribution in [-0.2, 0) is 9.53 Å². The summed E-state index contributed by atoms with van der Waals surface area (Å²) in [4.78, 5) is 9.85. The zero-order chi connectivity index (χ0) is 7.98. The molecule has 0 atom stereocenters. The highest BCUT2D eigenvalue weighted by Crippen LogP contribution is 1.88. The molecule has 0 unspecified atom stereocenters. The van der Waals surface area contributed by atoms with E-state index < -0.39 is 5.97 Å². The van der Waals surface area contributed by atoms with Gasteiger partial charge in [0.25, 0.3) is 0 Å². The van der Waals surface area contributed by atoms with Gasteiger partial charge in [-0.15, -0.1) is 0 Å². The number of carboxylic acid groups (broad SMARTS) is 1. The maximum absolute atomic E-state index is 9.85. The van der Waals surface area contributed by atoms with E-state index in [0.29, 0.717) is 6.61 Å². The Morgan fingerprint density at radius 3 is 2.80 bits per heavy atom. The van der Waals surface area contributed by atoms with E-state index in [-0.39, 0.29) is 0 Å². The average Bonchev–Trinajstić information content (AvgIpc) is 1.79. The van der Waals surface area contributed by atoms with Gasteiger partial charge < -0.3 is 9.84 Å². The first kappa shape index (κ1) is 8.75. The van der Waals surface area contributed by atoms with Crippen molar-refractivity contribution in [3.63, 3.8) is 0 Å². The summed E-state index contributed by atoms with van der Waals surface area (Å²) in [7, 11) is 0. The molecule has 0 bridgehead atoms. The lowest BCUT2D eigenvalue weighted by Gasteiger charge is -1.96. The smallest absolute Gasteiger partial charge is 0.331 e. The average molecular weight is 142 g/mol.